The first kappa shape index (κ1) is 13.1. The minimum Gasteiger partial charge on any atom is -0.399 e. The molecule has 0 bridgehead atoms. The first-order valence-electron chi connectivity index (χ1n) is 5.98. The summed E-state index contributed by atoms with van der Waals surface area (Å²) in [5, 5.41) is 2.81. The standard InChI is InChI=1S/C15H15FN2O/c1-10(11-5-7-14(17)8-6-11)18-15(19)12-3-2-4-13(16)9-12/h2-10H,17H2,1H3,(H,18,19). The summed E-state index contributed by atoms with van der Waals surface area (Å²) in [5.41, 5.74) is 7.53. The van der Waals surface area contributed by atoms with E-state index in [1.165, 1.54) is 18.2 Å². The van der Waals surface area contributed by atoms with Crippen molar-refractivity contribution in [3.63, 3.8) is 0 Å². The molecule has 4 heteroatoms. The van der Waals surface area contributed by atoms with Crippen LogP contribution < -0.4 is 11.1 Å². The second kappa shape index (κ2) is 5.52. The molecule has 0 heterocycles. The number of carbonyl (C=O) groups is 1. The Kier molecular flexibility index (Phi) is 3.80. The summed E-state index contributed by atoms with van der Waals surface area (Å²) >= 11 is 0. The van der Waals surface area contributed by atoms with Gasteiger partial charge in [0.05, 0.1) is 6.04 Å². The molecule has 1 atom stereocenters. The van der Waals surface area contributed by atoms with E-state index in [0.29, 0.717) is 11.3 Å². The van der Waals surface area contributed by atoms with Crippen molar-refractivity contribution in [1.29, 1.82) is 0 Å². The highest BCUT2D eigenvalue weighted by molar-refractivity contribution is 5.94. The highest BCUT2D eigenvalue weighted by Gasteiger charge is 2.11. The summed E-state index contributed by atoms with van der Waals surface area (Å²) in [5.74, 6) is -0.725. The quantitative estimate of drug-likeness (QED) is 0.832. The number of amides is 1. The molecule has 2 aromatic rings. The van der Waals surface area contributed by atoms with Gasteiger partial charge in [0.2, 0.25) is 0 Å². The van der Waals surface area contributed by atoms with Crippen LogP contribution in [0.5, 0.6) is 0 Å². The molecule has 0 saturated carbocycles. The fourth-order valence-corrected chi connectivity index (χ4v) is 1.78. The van der Waals surface area contributed by atoms with E-state index < -0.39 is 5.82 Å². The van der Waals surface area contributed by atoms with Gasteiger partial charge < -0.3 is 11.1 Å². The molecule has 98 valence electrons. The second-order valence-corrected chi connectivity index (χ2v) is 4.37. The number of halogens is 1. The Morgan fingerprint density at radius 2 is 1.89 bits per heavy atom. The lowest BCUT2D eigenvalue weighted by atomic mass is 10.1. The summed E-state index contributed by atoms with van der Waals surface area (Å²) in [7, 11) is 0. The maximum Gasteiger partial charge on any atom is 0.251 e. The van der Waals surface area contributed by atoms with Gasteiger partial charge in [-0.25, -0.2) is 4.39 Å². The van der Waals surface area contributed by atoms with Crippen molar-refractivity contribution in [2.75, 3.05) is 5.73 Å². The molecule has 0 fully saturated rings. The van der Waals surface area contributed by atoms with Crippen LogP contribution in [0.2, 0.25) is 0 Å². The zero-order valence-corrected chi connectivity index (χ0v) is 10.6. The van der Waals surface area contributed by atoms with E-state index in [1.807, 2.05) is 19.1 Å². The third kappa shape index (κ3) is 3.31. The largest absolute Gasteiger partial charge is 0.399 e. The van der Waals surface area contributed by atoms with Gasteiger partial charge in [0, 0.05) is 11.3 Å². The Hall–Kier alpha value is -2.36. The van der Waals surface area contributed by atoms with Crippen LogP contribution in [0.1, 0.15) is 28.9 Å². The molecule has 0 aromatic heterocycles. The SMILES string of the molecule is CC(NC(=O)c1cccc(F)c1)c1ccc(N)cc1. The number of hydrogen-bond acceptors (Lipinski definition) is 2. The lowest BCUT2D eigenvalue weighted by molar-refractivity contribution is 0.0939. The molecule has 0 spiro atoms. The maximum atomic E-state index is 13.0. The van der Waals surface area contributed by atoms with Crippen LogP contribution in [0.3, 0.4) is 0 Å². The van der Waals surface area contributed by atoms with E-state index in [4.69, 9.17) is 5.73 Å². The summed E-state index contributed by atoms with van der Waals surface area (Å²) in [6, 6.07) is 12.7. The van der Waals surface area contributed by atoms with E-state index in [0.717, 1.165) is 5.56 Å². The van der Waals surface area contributed by atoms with Gasteiger partial charge in [0.15, 0.2) is 0 Å². The molecule has 0 radical (unpaired) electrons. The van der Waals surface area contributed by atoms with Crippen molar-refractivity contribution in [2.45, 2.75) is 13.0 Å². The van der Waals surface area contributed by atoms with Crippen LogP contribution >= 0.6 is 0 Å². The Balaban J connectivity index is 2.08. The molecule has 1 amide bonds. The van der Waals surface area contributed by atoms with Gasteiger partial charge in [0.25, 0.3) is 5.91 Å². The topological polar surface area (TPSA) is 55.1 Å². The van der Waals surface area contributed by atoms with Crippen LogP contribution in [-0.2, 0) is 0 Å². The summed E-state index contributed by atoms with van der Waals surface area (Å²) in [6.45, 7) is 1.86. The highest BCUT2D eigenvalue weighted by atomic mass is 19.1. The monoisotopic (exact) mass is 258 g/mol. The third-order valence-electron chi connectivity index (χ3n) is 2.87. The van der Waals surface area contributed by atoms with Crippen LogP contribution in [0, 0.1) is 5.82 Å². The normalized spacial score (nSPS) is 11.9. The van der Waals surface area contributed by atoms with E-state index >= 15 is 0 Å². The molecule has 0 aliphatic heterocycles. The van der Waals surface area contributed by atoms with Crippen molar-refractivity contribution in [3.8, 4) is 0 Å². The average Bonchev–Trinajstić information content (AvgIpc) is 2.39. The zero-order valence-electron chi connectivity index (χ0n) is 10.6. The van der Waals surface area contributed by atoms with Gasteiger partial charge in [-0.1, -0.05) is 18.2 Å². The summed E-state index contributed by atoms with van der Waals surface area (Å²) < 4.78 is 13.0. The average molecular weight is 258 g/mol. The minimum atomic E-state index is -0.423. The summed E-state index contributed by atoms with van der Waals surface area (Å²) in [6.07, 6.45) is 0. The molecule has 19 heavy (non-hydrogen) atoms. The van der Waals surface area contributed by atoms with E-state index in [2.05, 4.69) is 5.32 Å². The second-order valence-electron chi connectivity index (χ2n) is 4.37. The number of hydrogen-bond donors (Lipinski definition) is 2. The van der Waals surface area contributed by atoms with E-state index in [-0.39, 0.29) is 11.9 Å². The number of anilines is 1. The predicted molar refractivity (Wildman–Crippen MR) is 73.1 cm³/mol. The summed E-state index contributed by atoms with van der Waals surface area (Å²) in [4.78, 5) is 11.9. The maximum absolute atomic E-state index is 13.0. The Morgan fingerprint density at radius 3 is 2.53 bits per heavy atom. The lowest BCUT2D eigenvalue weighted by Crippen LogP contribution is -2.26. The first-order valence-corrected chi connectivity index (χ1v) is 5.98. The van der Waals surface area contributed by atoms with Crippen molar-refractivity contribution >= 4 is 11.6 Å². The van der Waals surface area contributed by atoms with Gasteiger partial charge in [0.1, 0.15) is 5.82 Å². The van der Waals surface area contributed by atoms with Crippen molar-refractivity contribution in [2.24, 2.45) is 0 Å². The Morgan fingerprint density at radius 1 is 1.21 bits per heavy atom. The number of nitrogens with two attached hydrogens (primary N) is 1. The number of nitrogen functional groups attached to an aromatic ring is 1. The van der Waals surface area contributed by atoms with Gasteiger partial charge in [-0.05, 0) is 42.8 Å². The van der Waals surface area contributed by atoms with Crippen molar-refractivity contribution in [1.82, 2.24) is 5.32 Å². The van der Waals surface area contributed by atoms with E-state index in [9.17, 15) is 9.18 Å². The molecule has 0 aliphatic carbocycles. The fourth-order valence-electron chi connectivity index (χ4n) is 1.78. The number of benzene rings is 2. The third-order valence-corrected chi connectivity index (χ3v) is 2.87. The predicted octanol–water partition coefficient (Wildman–Crippen LogP) is 2.90. The molecular weight excluding hydrogens is 243 g/mol. The van der Waals surface area contributed by atoms with Gasteiger partial charge in [-0.15, -0.1) is 0 Å². The van der Waals surface area contributed by atoms with Crippen LogP contribution in [0.25, 0.3) is 0 Å². The smallest absolute Gasteiger partial charge is 0.251 e. The van der Waals surface area contributed by atoms with Gasteiger partial charge in [-0.3, -0.25) is 4.79 Å². The Labute approximate surface area is 111 Å². The fraction of sp³-hybridized carbons (Fsp3) is 0.133. The molecule has 3 nitrogen and oxygen atoms in total. The molecular formula is C15H15FN2O. The van der Waals surface area contributed by atoms with Crippen molar-refractivity contribution < 1.29 is 9.18 Å². The number of rotatable bonds is 3. The highest BCUT2D eigenvalue weighted by Crippen LogP contribution is 2.15. The molecule has 3 N–H and O–H groups in total. The molecule has 2 rings (SSSR count). The zero-order chi connectivity index (χ0) is 13.8. The van der Waals surface area contributed by atoms with Crippen LogP contribution in [0.4, 0.5) is 10.1 Å². The van der Waals surface area contributed by atoms with Crippen molar-refractivity contribution in [3.05, 3.63) is 65.5 Å². The van der Waals surface area contributed by atoms with Gasteiger partial charge >= 0.3 is 0 Å². The minimum absolute atomic E-state index is 0.170. The molecule has 0 aliphatic rings. The molecule has 0 saturated heterocycles. The molecule has 1 unspecified atom stereocenters. The number of nitrogens with one attached hydrogen (secondary N) is 1. The van der Waals surface area contributed by atoms with Crippen LogP contribution in [-0.4, -0.2) is 5.91 Å². The molecule has 2 aromatic carbocycles. The van der Waals surface area contributed by atoms with Crippen LogP contribution in [0.15, 0.2) is 48.5 Å². The first-order chi connectivity index (χ1) is 9.06. The number of carbonyl (C=O) groups excluding carboxylic acids is 1. The lowest BCUT2D eigenvalue weighted by Gasteiger charge is -2.14. The van der Waals surface area contributed by atoms with Gasteiger partial charge in [-0.2, -0.15) is 0 Å². The Bertz CT molecular complexity index is 581. The van der Waals surface area contributed by atoms with E-state index in [1.54, 1.807) is 18.2 Å².